The molecule has 1 aromatic heterocycles. The van der Waals surface area contributed by atoms with Crippen LogP contribution in [0, 0.1) is 0 Å². The Bertz CT molecular complexity index is 286. The molecule has 0 saturated heterocycles. The van der Waals surface area contributed by atoms with Gasteiger partial charge in [0.2, 0.25) is 0 Å². The van der Waals surface area contributed by atoms with Gasteiger partial charge in [0, 0.05) is 6.20 Å². The molecule has 0 saturated carbocycles. The lowest BCUT2D eigenvalue weighted by Gasteiger charge is -2.15. The summed E-state index contributed by atoms with van der Waals surface area (Å²) in [5.41, 5.74) is 1.34. The van der Waals surface area contributed by atoms with Crippen molar-refractivity contribution < 1.29 is 5.11 Å². The summed E-state index contributed by atoms with van der Waals surface area (Å²) in [6.07, 6.45) is 4.37. The van der Waals surface area contributed by atoms with E-state index >= 15 is 0 Å². The van der Waals surface area contributed by atoms with Crippen LogP contribution in [0.1, 0.15) is 39.7 Å². The predicted octanol–water partition coefficient (Wildman–Crippen LogP) is 1.95. The van der Waals surface area contributed by atoms with Gasteiger partial charge in [-0.05, 0) is 17.4 Å². The molecule has 0 bridgehead atoms. The summed E-state index contributed by atoms with van der Waals surface area (Å²) in [5.74, 6) is 0. The van der Waals surface area contributed by atoms with Crippen molar-refractivity contribution in [2.75, 3.05) is 0 Å². The number of hydrogen-bond donors (Lipinski definition) is 1. The van der Waals surface area contributed by atoms with Crippen LogP contribution in [0.15, 0.2) is 12.4 Å². The normalized spacial score (nSPS) is 14.4. The topological polar surface area (TPSA) is 38.0 Å². The fourth-order valence-electron chi connectivity index (χ4n) is 1.20. The van der Waals surface area contributed by atoms with E-state index in [1.54, 1.807) is 0 Å². The molecular formula is C11H20N2O. The highest BCUT2D eigenvalue weighted by atomic mass is 16.3. The van der Waals surface area contributed by atoms with Gasteiger partial charge in [-0.2, -0.15) is 5.10 Å². The number of nitrogens with zero attached hydrogens (tertiary/aromatic N) is 2. The summed E-state index contributed by atoms with van der Waals surface area (Å²) >= 11 is 0. The third-order valence-electron chi connectivity index (χ3n) is 2.37. The van der Waals surface area contributed by atoms with Crippen LogP contribution in [0.5, 0.6) is 0 Å². The Morgan fingerprint density at radius 3 is 2.57 bits per heavy atom. The molecule has 0 aliphatic carbocycles. The van der Waals surface area contributed by atoms with Gasteiger partial charge in [-0.25, -0.2) is 0 Å². The second kappa shape index (κ2) is 4.13. The standard InChI is InChI=1S/C11H20N2O/c1-5-10(14)8-13-7-9(6-12-13)11(2,3)4/h6-7,10,14H,5,8H2,1-4H3/t10-/m0/s1. The summed E-state index contributed by atoms with van der Waals surface area (Å²) in [5, 5.41) is 13.7. The van der Waals surface area contributed by atoms with Gasteiger partial charge in [0.05, 0.1) is 18.8 Å². The van der Waals surface area contributed by atoms with Gasteiger partial charge >= 0.3 is 0 Å². The fraction of sp³-hybridized carbons (Fsp3) is 0.727. The van der Waals surface area contributed by atoms with E-state index < -0.39 is 0 Å². The van der Waals surface area contributed by atoms with Crippen molar-refractivity contribution in [3.63, 3.8) is 0 Å². The molecule has 0 aliphatic heterocycles. The molecule has 3 heteroatoms. The van der Waals surface area contributed by atoms with E-state index in [1.807, 2.05) is 24.0 Å². The molecule has 80 valence electrons. The first-order chi connectivity index (χ1) is 6.43. The first-order valence-electron chi connectivity index (χ1n) is 5.14. The highest BCUT2D eigenvalue weighted by molar-refractivity contribution is 5.15. The SMILES string of the molecule is CC[C@H](O)Cn1cc(C(C)(C)C)cn1. The average Bonchev–Trinajstić information content (AvgIpc) is 2.51. The number of aliphatic hydroxyl groups excluding tert-OH is 1. The number of hydrogen-bond acceptors (Lipinski definition) is 2. The predicted molar refractivity (Wildman–Crippen MR) is 57.2 cm³/mol. The van der Waals surface area contributed by atoms with Crippen LogP contribution in [-0.4, -0.2) is 21.0 Å². The smallest absolute Gasteiger partial charge is 0.0733 e. The van der Waals surface area contributed by atoms with Crippen molar-refractivity contribution in [2.24, 2.45) is 0 Å². The zero-order valence-corrected chi connectivity index (χ0v) is 9.49. The Morgan fingerprint density at radius 1 is 1.50 bits per heavy atom. The minimum Gasteiger partial charge on any atom is -0.391 e. The van der Waals surface area contributed by atoms with Gasteiger partial charge in [0.15, 0.2) is 0 Å². The molecule has 0 aliphatic rings. The number of rotatable bonds is 3. The second-order valence-corrected chi connectivity index (χ2v) is 4.76. The lowest BCUT2D eigenvalue weighted by molar-refractivity contribution is 0.145. The molecule has 1 aromatic rings. The van der Waals surface area contributed by atoms with Crippen LogP contribution >= 0.6 is 0 Å². The summed E-state index contributed by atoms with van der Waals surface area (Å²) in [6, 6.07) is 0. The van der Waals surface area contributed by atoms with E-state index in [1.165, 1.54) is 5.56 Å². The molecule has 3 nitrogen and oxygen atoms in total. The largest absolute Gasteiger partial charge is 0.391 e. The Balaban J connectivity index is 2.69. The van der Waals surface area contributed by atoms with Crippen molar-refractivity contribution >= 4 is 0 Å². The molecule has 0 aromatic carbocycles. The van der Waals surface area contributed by atoms with Gasteiger partial charge in [0.25, 0.3) is 0 Å². The molecule has 0 amide bonds. The molecule has 1 atom stereocenters. The monoisotopic (exact) mass is 196 g/mol. The van der Waals surface area contributed by atoms with Crippen molar-refractivity contribution in [1.82, 2.24) is 9.78 Å². The Labute approximate surface area is 85.8 Å². The van der Waals surface area contributed by atoms with E-state index in [0.29, 0.717) is 6.54 Å². The van der Waals surface area contributed by atoms with Crippen LogP contribution in [0.3, 0.4) is 0 Å². The highest BCUT2D eigenvalue weighted by Crippen LogP contribution is 2.20. The summed E-state index contributed by atoms with van der Waals surface area (Å²) < 4.78 is 1.81. The number of aromatic nitrogens is 2. The minimum atomic E-state index is -0.289. The summed E-state index contributed by atoms with van der Waals surface area (Å²) in [6.45, 7) is 9.03. The van der Waals surface area contributed by atoms with Crippen molar-refractivity contribution in [3.05, 3.63) is 18.0 Å². The van der Waals surface area contributed by atoms with Crippen LogP contribution in [0.2, 0.25) is 0 Å². The van der Waals surface area contributed by atoms with E-state index in [0.717, 1.165) is 6.42 Å². The van der Waals surface area contributed by atoms with Gasteiger partial charge in [-0.1, -0.05) is 27.7 Å². The zero-order valence-electron chi connectivity index (χ0n) is 9.49. The van der Waals surface area contributed by atoms with Crippen LogP contribution < -0.4 is 0 Å². The molecule has 0 spiro atoms. The minimum absolute atomic E-state index is 0.134. The number of aliphatic hydroxyl groups is 1. The zero-order chi connectivity index (χ0) is 10.8. The van der Waals surface area contributed by atoms with Crippen LogP contribution in [0.4, 0.5) is 0 Å². The molecule has 1 rings (SSSR count). The van der Waals surface area contributed by atoms with Crippen molar-refractivity contribution in [3.8, 4) is 0 Å². The van der Waals surface area contributed by atoms with Gasteiger partial charge in [-0.15, -0.1) is 0 Å². The van der Waals surface area contributed by atoms with Gasteiger partial charge in [0.1, 0.15) is 0 Å². The Kier molecular flexibility index (Phi) is 3.32. The van der Waals surface area contributed by atoms with Crippen molar-refractivity contribution in [2.45, 2.75) is 52.2 Å². The molecule has 0 radical (unpaired) electrons. The first kappa shape index (κ1) is 11.2. The third-order valence-corrected chi connectivity index (χ3v) is 2.37. The van der Waals surface area contributed by atoms with E-state index in [-0.39, 0.29) is 11.5 Å². The Hall–Kier alpha value is -0.830. The molecule has 1 heterocycles. The summed E-state index contributed by atoms with van der Waals surface area (Å²) in [4.78, 5) is 0. The van der Waals surface area contributed by atoms with E-state index in [9.17, 15) is 5.11 Å². The van der Waals surface area contributed by atoms with Crippen LogP contribution in [0.25, 0.3) is 0 Å². The first-order valence-corrected chi connectivity index (χ1v) is 5.14. The summed E-state index contributed by atoms with van der Waals surface area (Å²) in [7, 11) is 0. The van der Waals surface area contributed by atoms with Gasteiger partial charge < -0.3 is 5.11 Å². The molecule has 14 heavy (non-hydrogen) atoms. The maximum Gasteiger partial charge on any atom is 0.0733 e. The molecule has 1 N–H and O–H groups in total. The van der Waals surface area contributed by atoms with E-state index in [2.05, 4.69) is 25.9 Å². The second-order valence-electron chi connectivity index (χ2n) is 4.76. The lowest BCUT2D eigenvalue weighted by Crippen LogP contribution is -2.15. The maximum absolute atomic E-state index is 9.46. The van der Waals surface area contributed by atoms with Crippen LogP contribution in [-0.2, 0) is 12.0 Å². The quantitative estimate of drug-likeness (QED) is 0.802. The molecule has 0 fully saturated rings. The van der Waals surface area contributed by atoms with Gasteiger partial charge in [-0.3, -0.25) is 4.68 Å². The maximum atomic E-state index is 9.46. The van der Waals surface area contributed by atoms with Crippen molar-refractivity contribution in [1.29, 1.82) is 0 Å². The lowest BCUT2D eigenvalue weighted by atomic mass is 9.90. The fourth-order valence-corrected chi connectivity index (χ4v) is 1.20. The average molecular weight is 196 g/mol. The third kappa shape index (κ3) is 2.84. The molecule has 0 unspecified atom stereocenters. The highest BCUT2D eigenvalue weighted by Gasteiger charge is 2.16. The molecular weight excluding hydrogens is 176 g/mol. The van der Waals surface area contributed by atoms with E-state index in [4.69, 9.17) is 0 Å². The Morgan fingerprint density at radius 2 is 2.14 bits per heavy atom.